The Balaban J connectivity index is 1.88. The summed E-state index contributed by atoms with van der Waals surface area (Å²) in [6.45, 7) is 3.79. The highest BCUT2D eigenvalue weighted by atomic mass is 16.6. The van der Waals surface area contributed by atoms with Crippen molar-refractivity contribution < 1.29 is 18.7 Å². The molecule has 0 unspecified atom stereocenters. The van der Waals surface area contributed by atoms with Gasteiger partial charge in [-0.05, 0) is 55.1 Å². The second kappa shape index (κ2) is 7.21. The van der Waals surface area contributed by atoms with E-state index in [9.17, 15) is 9.59 Å². The molecule has 0 N–H and O–H groups in total. The summed E-state index contributed by atoms with van der Waals surface area (Å²) in [4.78, 5) is 23.5. The van der Waals surface area contributed by atoms with Gasteiger partial charge >= 0.3 is 11.6 Å². The van der Waals surface area contributed by atoms with Crippen molar-refractivity contribution >= 4 is 16.7 Å². The van der Waals surface area contributed by atoms with Gasteiger partial charge in [0.2, 0.25) is 0 Å². The predicted molar refractivity (Wildman–Crippen MR) is 94.8 cm³/mol. The third-order valence-electron chi connectivity index (χ3n) is 3.78. The Morgan fingerprint density at radius 2 is 1.92 bits per heavy atom. The number of hydrogen-bond acceptors (Lipinski definition) is 5. The van der Waals surface area contributed by atoms with Crippen molar-refractivity contribution in [1.82, 2.24) is 0 Å². The standard InChI is InChI=1S/C20H18O5/c1-3-23-19(21)12-24-17-9-8-15(10-13(17)2)18-11-14-6-4-5-7-16(14)20(22)25-18/h4-11H,3,12H2,1-2H3. The molecule has 5 nitrogen and oxygen atoms in total. The van der Waals surface area contributed by atoms with Gasteiger partial charge in [0.1, 0.15) is 11.5 Å². The van der Waals surface area contributed by atoms with Crippen molar-refractivity contribution in [2.45, 2.75) is 13.8 Å². The Kier molecular flexibility index (Phi) is 4.84. The van der Waals surface area contributed by atoms with Crippen LogP contribution in [0.25, 0.3) is 22.1 Å². The van der Waals surface area contributed by atoms with Crippen molar-refractivity contribution in [3.63, 3.8) is 0 Å². The van der Waals surface area contributed by atoms with E-state index in [1.54, 1.807) is 31.2 Å². The van der Waals surface area contributed by atoms with Gasteiger partial charge in [0.25, 0.3) is 0 Å². The van der Waals surface area contributed by atoms with Crippen molar-refractivity contribution in [2.24, 2.45) is 0 Å². The first-order chi connectivity index (χ1) is 12.1. The van der Waals surface area contributed by atoms with Gasteiger partial charge in [0, 0.05) is 5.56 Å². The Morgan fingerprint density at radius 1 is 1.12 bits per heavy atom. The molecule has 0 saturated carbocycles. The van der Waals surface area contributed by atoms with Gasteiger partial charge in [0.15, 0.2) is 6.61 Å². The van der Waals surface area contributed by atoms with Gasteiger partial charge in [-0.15, -0.1) is 0 Å². The van der Waals surface area contributed by atoms with Crippen LogP contribution in [0.1, 0.15) is 12.5 Å². The molecule has 0 aliphatic carbocycles. The summed E-state index contributed by atoms with van der Waals surface area (Å²) in [6.07, 6.45) is 0. The molecular weight excluding hydrogens is 320 g/mol. The van der Waals surface area contributed by atoms with Gasteiger partial charge in [-0.2, -0.15) is 0 Å². The van der Waals surface area contributed by atoms with E-state index < -0.39 is 5.97 Å². The molecule has 25 heavy (non-hydrogen) atoms. The molecule has 0 radical (unpaired) electrons. The third kappa shape index (κ3) is 3.71. The summed E-state index contributed by atoms with van der Waals surface area (Å²) in [7, 11) is 0. The van der Waals surface area contributed by atoms with E-state index in [-0.39, 0.29) is 12.2 Å². The summed E-state index contributed by atoms with van der Waals surface area (Å²) in [5, 5.41) is 1.38. The summed E-state index contributed by atoms with van der Waals surface area (Å²) in [6, 6.07) is 14.5. The number of carbonyl (C=O) groups excluding carboxylic acids is 1. The molecule has 2 aromatic carbocycles. The fourth-order valence-electron chi connectivity index (χ4n) is 2.58. The van der Waals surface area contributed by atoms with E-state index in [1.807, 2.05) is 31.2 Å². The number of hydrogen-bond donors (Lipinski definition) is 0. The smallest absolute Gasteiger partial charge is 0.344 e. The first kappa shape index (κ1) is 16.8. The Hall–Kier alpha value is -3.08. The maximum absolute atomic E-state index is 12.1. The topological polar surface area (TPSA) is 65.7 Å². The van der Waals surface area contributed by atoms with Crippen molar-refractivity contribution in [3.05, 3.63) is 64.5 Å². The Labute approximate surface area is 144 Å². The van der Waals surface area contributed by atoms with E-state index in [4.69, 9.17) is 13.9 Å². The normalized spacial score (nSPS) is 10.6. The monoisotopic (exact) mass is 338 g/mol. The van der Waals surface area contributed by atoms with Gasteiger partial charge in [-0.3, -0.25) is 0 Å². The van der Waals surface area contributed by atoms with Crippen molar-refractivity contribution in [1.29, 1.82) is 0 Å². The largest absolute Gasteiger partial charge is 0.482 e. The zero-order valence-corrected chi connectivity index (χ0v) is 14.1. The minimum absolute atomic E-state index is 0.140. The van der Waals surface area contributed by atoms with Crippen LogP contribution in [-0.2, 0) is 9.53 Å². The van der Waals surface area contributed by atoms with Crippen LogP contribution in [-0.4, -0.2) is 19.2 Å². The van der Waals surface area contributed by atoms with Crippen molar-refractivity contribution in [3.8, 4) is 17.1 Å². The van der Waals surface area contributed by atoms with E-state index in [0.29, 0.717) is 23.5 Å². The summed E-state index contributed by atoms with van der Waals surface area (Å²) >= 11 is 0. The highest BCUT2D eigenvalue weighted by molar-refractivity contribution is 5.84. The summed E-state index contributed by atoms with van der Waals surface area (Å²) < 4.78 is 15.7. The van der Waals surface area contributed by atoms with E-state index in [1.165, 1.54) is 0 Å². The van der Waals surface area contributed by atoms with Crippen molar-refractivity contribution in [2.75, 3.05) is 13.2 Å². The maximum atomic E-state index is 12.1. The van der Waals surface area contributed by atoms with Crippen LogP contribution >= 0.6 is 0 Å². The molecule has 0 atom stereocenters. The fraction of sp³-hybridized carbons (Fsp3) is 0.200. The van der Waals surface area contributed by atoms with E-state index >= 15 is 0 Å². The molecule has 0 amide bonds. The van der Waals surface area contributed by atoms with Crippen LogP contribution in [0.15, 0.2) is 57.7 Å². The second-order valence-corrected chi connectivity index (χ2v) is 5.56. The number of rotatable bonds is 5. The Bertz CT molecular complexity index is 971. The molecule has 0 aliphatic heterocycles. The molecule has 5 heteroatoms. The molecule has 0 fully saturated rings. The molecule has 1 aromatic heterocycles. The number of ether oxygens (including phenoxy) is 2. The minimum Gasteiger partial charge on any atom is -0.482 e. The maximum Gasteiger partial charge on any atom is 0.344 e. The summed E-state index contributed by atoms with van der Waals surface area (Å²) in [5.41, 5.74) is 1.23. The number of esters is 1. The first-order valence-corrected chi connectivity index (χ1v) is 8.01. The molecule has 3 aromatic rings. The summed E-state index contributed by atoms with van der Waals surface area (Å²) in [5.74, 6) is 0.662. The second-order valence-electron chi connectivity index (χ2n) is 5.56. The molecule has 128 valence electrons. The molecule has 0 spiro atoms. The average Bonchev–Trinajstić information content (AvgIpc) is 2.61. The van der Waals surface area contributed by atoms with Gasteiger partial charge in [0.05, 0.1) is 12.0 Å². The molecular formula is C20H18O5. The Morgan fingerprint density at radius 3 is 2.68 bits per heavy atom. The number of carbonyl (C=O) groups is 1. The molecule has 1 heterocycles. The van der Waals surface area contributed by atoms with Crippen LogP contribution in [0.3, 0.4) is 0 Å². The third-order valence-corrected chi connectivity index (χ3v) is 3.78. The highest BCUT2D eigenvalue weighted by Crippen LogP contribution is 2.27. The van der Waals surface area contributed by atoms with Crippen LogP contribution in [0.4, 0.5) is 0 Å². The van der Waals surface area contributed by atoms with Crippen LogP contribution in [0.2, 0.25) is 0 Å². The lowest BCUT2D eigenvalue weighted by Crippen LogP contribution is -2.14. The molecule has 0 bridgehead atoms. The zero-order chi connectivity index (χ0) is 17.8. The lowest BCUT2D eigenvalue weighted by molar-refractivity contribution is -0.145. The first-order valence-electron chi connectivity index (χ1n) is 8.01. The van der Waals surface area contributed by atoms with Crippen LogP contribution < -0.4 is 10.4 Å². The molecule has 0 saturated heterocycles. The average molecular weight is 338 g/mol. The molecule has 0 aliphatic rings. The van der Waals surface area contributed by atoms with Gasteiger partial charge in [-0.25, -0.2) is 9.59 Å². The highest BCUT2D eigenvalue weighted by Gasteiger charge is 2.10. The number of benzene rings is 2. The molecule has 3 rings (SSSR count). The fourth-order valence-corrected chi connectivity index (χ4v) is 2.58. The van der Waals surface area contributed by atoms with Gasteiger partial charge < -0.3 is 13.9 Å². The minimum atomic E-state index is -0.411. The van der Waals surface area contributed by atoms with E-state index in [2.05, 4.69) is 0 Å². The SMILES string of the molecule is CCOC(=O)COc1ccc(-c2cc3ccccc3c(=O)o2)cc1C. The number of aryl methyl sites for hydroxylation is 1. The quantitative estimate of drug-likeness (QED) is 0.664. The lowest BCUT2D eigenvalue weighted by atomic mass is 10.1. The number of fused-ring (bicyclic) bond motifs is 1. The predicted octanol–water partition coefficient (Wildman–Crippen LogP) is 3.71. The van der Waals surface area contributed by atoms with Gasteiger partial charge in [-0.1, -0.05) is 18.2 Å². The van der Waals surface area contributed by atoms with Crippen LogP contribution in [0, 0.1) is 6.92 Å². The van der Waals surface area contributed by atoms with E-state index in [0.717, 1.165) is 16.5 Å². The van der Waals surface area contributed by atoms with Crippen LogP contribution in [0.5, 0.6) is 5.75 Å². The zero-order valence-electron chi connectivity index (χ0n) is 14.1. The lowest BCUT2D eigenvalue weighted by Gasteiger charge is -2.10.